The average Bonchev–Trinajstić information content (AvgIpc) is 3.01. The summed E-state index contributed by atoms with van der Waals surface area (Å²) >= 11 is 0. The Labute approximate surface area is 264 Å². The molecule has 2 aromatic rings. The number of amides is 3. The first-order chi connectivity index (χ1) is 21.1. The van der Waals surface area contributed by atoms with E-state index in [-0.39, 0.29) is 70.6 Å². The van der Waals surface area contributed by atoms with E-state index in [1.807, 2.05) is 18.2 Å². The molecular formula is C33H47N3O9. The molecule has 3 atom stereocenters. The normalized spacial score (nSPS) is 12.6. The van der Waals surface area contributed by atoms with Crippen LogP contribution in [0.3, 0.4) is 0 Å². The highest BCUT2D eigenvalue weighted by atomic mass is 16.5. The number of ketones is 2. The fourth-order valence-electron chi connectivity index (χ4n) is 4.61. The molecule has 0 aliphatic carbocycles. The number of ether oxygens (including phenoxy) is 2. The van der Waals surface area contributed by atoms with Crippen LogP contribution < -0.4 is 16.1 Å². The molecule has 0 saturated carbocycles. The monoisotopic (exact) mass is 629 g/mol. The fraction of sp³-hybridized carbons (Fsp3) is 0.485. The molecule has 248 valence electrons. The Morgan fingerprint density at radius 2 is 1.49 bits per heavy atom. The maximum absolute atomic E-state index is 13.7. The van der Waals surface area contributed by atoms with Crippen molar-refractivity contribution < 1.29 is 43.8 Å². The number of phenols is 1. The summed E-state index contributed by atoms with van der Waals surface area (Å²) in [5, 5.41) is 24.1. The largest absolute Gasteiger partial charge is 0.508 e. The van der Waals surface area contributed by atoms with Gasteiger partial charge in [0.15, 0.2) is 5.78 Å². The zero-order chi connectivity index (χ0) is 32.3. The number of carbonyl (C=O) groups is 5. The minimum absolute atomic E-state index is 0. The molecule has 0 saturated heterocycles. The molecule has 0 fully saturated rings. The van der Waals surface area contributed by atoms with Gasteiger partial charge in [0, 0.05) is 44.8 Å². The van der Waals surface area contributed by atoms with Crippen molar-refractivity contribution in [3.8, 4) is 5.75 Å². The molecule has 2 rings (SSSR count). The van der Waals surface area contributed by atoms with Crippen molar-refractivity contribution in [2.24, 2.45) is 11.8 Å². The molecule has 12 heteroatoms. The van der Waals surface area contributed by atoms with Crippen LogP contribution in [0.4, 0.5) is 0 Å². The molecular weight excluding hydrogens is 582 g/mol. The Balaban J connectivity index is 0.0000101. The zero-order valence-electron chi connectivity index (χ0n) is 25.3. The van der Waals surface area contributed by atoms with Gasteiger partial charge in [-0.3, -0.25) is 24.4 Å². The van der Waals surface area contributed by atoms with Gasteiger partial charge in [-0.1, -0.05) is 49.9 Å². The summed E-state index contributed by atoms with van der Waals surface area (Å²) in [4.78, 5) is 64.1. The van der Waals surface area contributed by atoms with E-state index in [1.54, 1.807) is 31.4 Å². The minimum Gasteiger partial charge on any atom is -0.508 e. The number of hydroxylamine groups is 1. The first kappa shape index (κ1) is 38.9. The molecule has 45 heavy (non-hydrogen) atoms. The van der Waals surface area contributed by atoms with Gasteiger partial charge in [-0.15, -0.1) is 0 Å². The predicted octanol–water partition coefficient (Wildman–Crippen LogP) is 2.53. The Morgan fingerprint density at radius 3 is 2.11 bits per heavy atom. The summed E-state index contributed by atoms with van der Waals surface area (Å²) in [6.07, 6.45) is -0.180. The highest BCUT2D eigenvalue weighted by molar-refractivity contribution is 5.94. The van der Waals surface area contributed by atoms with Gasteiger partial charge >= 0.3 is 0 Å². The van der Waals surface area contributed by atoms with Crippen LogP contribution in [0, 0.1) is 11.8 Å². The van der Waals surface area contributed by atoms with Crippen LogP contribution in [-0.2, 0) is 46.3 Å². The van der Waals surface area contributed by atoms with Crippen molar-refractivity contribution >= 4 is 29.3 Å². The second-order valence-corrected chi connectivity index (χ2v) is 10.6. The molecule has 3 amide bonds. The van der Waals surface area contributed by atoms with E-state index in [2.05, 4.69) is 10.6 Å². The Kier molecular flexibility index (Phi) is 18.6. The molecule has 0 aliphatic rings. The molecule has 0 aliphatic heterocycles. The van der Waals surface area contributed by atoms with Crippen molar-refractivity contribution in [3.63, 3.8) is 0 Å². The number of hydrogen-bond donors (Lipinski definition) is 5. The Morgan fingerprint density at radius 1 is 0.822 bits per heavy atom. The van der Waals surface area contributed by atoms with Crippen molar-refractivity contribution in [1.29, 1.82) is 0 Å². The van der Waals surface area contributed by atoms with Crippen LogP contribution >= 0.6 is 0 Å². The van der Waals surface area contributed by atoms with Crippen LogP contribution in [0.25, 0.3) is 0 Å². The van der Waals surface area contributed by atoms with E-state index in [4.69, 9.17) is 14.7 Å². The maximum atomic E-state index is 13.7. The van der Waals surface area contributed by atoms with Crippen LogP contribution in [-0.4, -0.2) is 79.1 Å². The van der Waals surface area contributed by atoms with Crippen molar-refractivity contribution in [2.45, 2.75) is 58.9 Å². The van der Waals surface area contributed by atoms with Crippen molar-refractivity contribution in [2.75, 3.05) is 33.5 Å². The number of phenolic OH excluding ortho intramolecular Hbond substituents is 1. The summed E-state index contributed by atoms with van der Waals surface area (Å²) in [6.45, 7) is 2.53. The highest BCUT2D eigenvalue weighted by Crippen LogP contribution is 2.19. The van der Waals surface area contributed by atoms with E-state index in [0.29, 0.717) is 13.2 Å². The third-order valence-electron chi connectivity index (χ3n) is 6.95. The average molecular weight is 630 g/mol. The second kappa shape index (κ2) is 21.6. The summed E-state index contributed by atoms with van der Waals surface area (Å²) in [7, 11) is 1.54. The number of hydrogen-bond acceptors (Lipinski definition) is 9. The van der Waals surface area contributed by atoms with Gasteiger partial charge in [0.05, 0.1) is 25.9 Å². The molecule has 1 unspecified atom stereocenters. The lowest BCUT2D eigenvalue weighted by atomic mass is 9.89. The van der Waals surface area contributed by atoms with E-state index in [1.165, 1.54) is 24.5 Å². The first-order valence-corrected chi connectivity index (χ1v) is 14.5. The van der Waals surface area contributed by atoms with Crippen molar-refractivity contribution in [1.82, 2.24) is 16.1 Å². The van der Waals surface area contributed by atoms with Crippen LogP contribution in [0.5, 0.6) is 5.75 Å². The third kappa shape index (κ3) is 15.4. The van der Waals surface area contributed by atoms with E-state index in [9.17, 15) is 29.1 Å². The number of aromatic hydroxyl groups is 1. The molecule has 0 bridgehead atoms. The lowest BCUT2D eigenvalue weighted by Gasteiger charge is -2.24. The lowest BCUT2D eigenvalue weighted by Crippen LogP contribution is -2.47. The standard InChI is InChI=1S/C32H43N3O9.CH4/c1-22(36)18-26(19-24-8-11-27(37)12-9-24)32(41)34-28(20-23-6-4-3-5-7-23)29(38)21-25(10-13-30(39)35-42)31(40)33-14-15-44-17-16-43-2;/h3-9,11-12,25-26,28,37,42H,10,13-21H2,1-2H3,(H,33,40)(H,34,41)(H,35,39);1H4/t25?,26-,28+;/m0./s1. The van der Waals surface area contributed by atoms with Gasteiger partial charge < -0.3 is 30.0 Å². The Bertz CT molecular complexity index is 1210. The molecule has 0 radical (unpaired) electrons. The third-order valence-corrected chi connectivity index (χ3v) is 6.95. The van der Waals surface area contributed by atoms with E-state index in [0.717, 1.165) is 11.1 Å². The number of Topliss-reactive ketones (excluding diaryl/α,β-unsaturated/α-hetero) is 2. The van der Waals surface area contributed by atoms with Crippen molar-refractivity contribution in [3.05, 3.63) is 65.7 Å². The van der Waals surface area contributed by atoms with Crippen LogP contribution in [0.15, 0.2) is 54.6 Å². The van der Waals surface area contributed by atoms with E-state index >= 15 is 0 Å². The van der Waals surface area contributed by atoms with Gasteiger partial charge in [0.1, 0.15) is 11.5 Å². The zero-order valence-corrected chi connectivity index (χ0v) is 25.3. The smallest absolute Gasteiger partial charge is 0.243 e. The molecule has 0 heterocycles. The topological polar surface area (TPSA) is 180 Å². The molecule has 5 N–H and O–H groups in total. The quantitative estimate of drug-likeness (QED) is 0.0788. The molecule has 0 aromatic heterocycles. The number of methoxy groups -OCH3 is 1. The Hall–Kier alpha value is -4.13. The van der Waals surface area contributed by atoms with E-state index < -0.39 is 41.4 Å². The number of carbonyl (C=O) groups excluding carboxylic acids is 5. The van der Waals surface area contributed by atoms with Gasteiger partial charge in [0.25, 0.3) is 0 Å². The number of rotatable bonds is 21. The van der Waals surface area contributed by atoms with Gasteiger partial charge in [-0.2, -0.15) is 0 Å². The fourth-order valence-corrected chi connectivity index (χ4v) is 4.61. The SMILES string of the molecule is C.COCCOCCNC(=O)C(CCC(=O)NO)CC(=O)[C@@H](Cc1ccccc1)NC(=O)[C@@H](CC(C)=O)Cc1ccc(O)cc1. The molecule has 12 nitrogen and oxygen atoms in total. The first-order valence-electron chi connectivity index (χ1n) is 14.5. The summed E-state index contributed by atoms with van der Waals surface area (Å²) in [5.41, 5.74) is 3.05. The van der Waals surface area contributed by atoms with Gasteiger partial charge in [0.2, 0.25) is 17.7 Å². The number of nitrogens with one attached hydrogen (secondary N) is 3. The van der Waals surface area contributed by atoms with Gasteiger partial charge in [-0.05, 0) is 49.4 Å². The number of benzene rings is 2. The summed E-state index contributed by atoms with van der Waals surface area (Å²) in [6, 6.07) is 14.4. The van der Waals surface area contributed by atoms with Gasteiger partial charge in [-0.25, -0.2) is 5.48 Å². The predicted molar refractivity (Wildman–Crippen MR) is 167 cm³/mol. The highest BCUT2D eigenvalue weighted by Gasteiger charge is 2.30. The summed E-state index contributed by atoms with van der Waals surface area (Å²) in [5.74, 6) is -3.89. The molecule has 2 aromatic carbocycles. The summed E-state index contributed by atoms with van der Waals surface area (Å²) < 4.78 is 10.3. The maximum Gasteiger partial charge on any atom is 0.243 e. The van der Waals surface area contributed by atoms with Crippen LogP contribution in [0.1, 0.15) is 51.2 Å². The minimum atomic E-state index is -1.02. The molecule has 0 spiro atoms. The second-order valence-electron chi connectivity index (χ2n) is 10.6. The lowest BCUT2D eigenvalue weighted by molar-refractivity contribution is -0.134. The van der Waals surface area contributed by atoms with Crippen LogP contribution in [0.2, 0.25) is 0 Å².